The van der Waals surface area contributed by atoms with Crippen molar-refractivity contribution in [1.29, 1.82) is 0 Å². The Balaban J connectivity index is 2.12. The van der Waals surface area contributed by atoms with Crippen LogP contribution in [0.15, 0.2) is 0 Å². The van der Waals surface area contributed by atoms with Crippen LogP contribution in [0, 0.1) is 0 Å². The van der Waals surface area contributed by atoms with Crippen LogP contribution in [0.4, 0.5) is 11.6 Å². The molecular weight excluding hydrogens is 222 g/mol. The van der Waals surface area contributed by atoms with Gasteiger partial charge in [-0.05, 0) is 25.9 Å². The minimum Gasteiger partial charge on any atom is -0.465 e. The molecule has 0 aromatic carbocycles. The summed E-state index contributed by atoms with van der Waals surface area (Å²) in [6, 6.07) is 0.308. The molecule has 1 aliphatic heterocycles. The summed E-state index contributed by atoms with van der Waals surface area (Å²) in [4.78, 5) is 11.5. The summed E-state index contributed by atoms with van der Waals surface area (Å²) in [6.07, 6.45) is 1.99. The van der Waals surface area contributed by atoms with E-state index in [2.05, 4.69) is 25.6 Å². The van der Waals surface area contributed by atoms with Crippen molar-refractivity contribution in [2.75, 3.05) is 31.2 Å². The summed E-state index contributed by atoms with van der Waals surface area (Å²) in [5.41, 5.74) is 5.94. The molecule has 2 rings (SSSR count). The number of anilines is 2. The van der Waals surface area contributed by atoms with E-state index in [9.17, 15) is 4.79 Å². The Morgan fingerprint density at radius 1 is 1.53 bits per heavy atom. The van der Waals surface area contributed by atoms with Crippen molar-refractivity contribution in [2.45, 2.75) is 18.9 Å². The lowest BCUT2D eigenvalue weighted by Gasteiger charge is -2.23. The Kier molecular flexibility index (Phi) is 3.48. The molecular formula is C10H17N5O2. The van der Waals surface area contributed by atoms with Crippen LogP contribution in [0.2, 0.25) is 0 Å². The number of hydrogen-bond acceptors (Lipinski definition) is 6. The number of aromatic nitrogens is 2. The van der Waals surface area contributed by atoms with Gasteiger partial charge in [-0.3, -0.25) is 5.10 Å². The second kappa shape index (κ2) is 5.05. The van der Waals surface area contributed by atoms with E-state index in [1.807, 2.05) is 0 Å². The van der Waals surface area contributed by atoms with Crippen molar-refractivity contribution in [2.24, 2.45) is 0 Å². The van der Waals surface area contributed by atoms with Gasteiger partial charge in [0.1, 0.15) is 11.4 Å². The van der Waals surface area contributed by atoms with Gasteiger partial charge in [-0.2, -0.15) is 5.10 Å². The third-order valence-corrected chi connectivity index (χ3v) is 2.86. The molecule has 94 valence electrons. The van der Waals surface area contributed by atoms with Crippen molar-refractivity contribution in [3.8, 4) is 0 Å². The molecule has 7 nitrogen and oxygen atoms in total. The number of nitrogens with one attached hydrogen (secondary N) is 3. The SMILES string of the molecule is COC(=O)c1c(NC2CCNCC2)n[nH]c1N. The largest absolute Gasteiger partial charge is 0.465 e. The summed E-state index contributed by atoms with van der Waals surface area (Å²) in [5.74, 6) is 0.224. The van der Waals surface area contributed by atoms with E-state index in [-0.39, 0.29) is 11.4 Å². The van der Waals surface area contributed by atoms with E-state index in [0.29, 0.717) is 11.9 Å². The molecule has 0 radical (unpaired) electrons. The third-order valence-electron chi connectivity index (χ3n) is 2.86. The van der Waals surface area contributed by atoms with Crippen molar-refractivity contribution < 1.29 is 9.53 Å². The molecule has 0 bridgehead atoms. The number of nitrogen functional groups attached to an aromatic ring is 1. The number of esters is 1. The molecule has 0 unspecified atom stereocenters. The lowest BCUT2D eigenvalue weighted by Crippen LogP contribution is -2.35. The Labute approximate surface area is 99.1 Å². The molecule has 5 N–H and O–H groups in total. The van der Waals surface area contributed by atoms with Crippen molar-refractivity contribution in [1.82, 2.24) is 15.5 Å². The fourth-order valence-corrected chi connectivity index (χ4v) is 1.93. The number of nitrogens with two attached hydrogens (primary N) is 1. The number of nitrogens with zero attached hydrogens (tertiary/aromatic N) is 1. The van der Waals surface area contributed by atoms with Gasteiger partial charge in [0.25, 0.3) is 0 Å². The van der Waals surface area contributed by atoms with Gasteiger partial charge in [0.15, 0.2) is 5.82 Å². The van der Waals surface area contributed by atoms with Crippen LogP contribution in [0.5, 0.6) is 0 Å². The minimum atomic E-state index is -0.479. The van der Waals surface area contributed by atoms with E-state index in [4.69, 9.17) is 5.73 Å². The van der Waals surface area contributed by atoms with Crippen molar-refractivity contribution in [3.63, 3.8) is 0 Å². The van der Waals surface area contributed by atoms with Gasteiger partial charge in [-0.1, -0.05) is 0 Å². The van der Waals surface area contributed by atoms with Gasteiger partial charge in [0, 0.05) is 6.04 Å². The fraction of sp³-hybridized carbons (Fsp3) is 0.600. The standard InChI is InChI=1S/C10H17N5O2/c1-17-10(16)7-8(11)14-15-9(7)13-6-2-4-12-5-3-6/h6,12H,2-5H2,1H3,(H4,11,13,14,15). The first kappa shape index (κ1) is 11.7. The number of methoxy groups -OCH3 is 1. The average Bonchev–Trinajstić information content (AvgIpc) is 2.71. The number of rotatable bonds is 3. The molecule has 0 atom stereocenters. The predicted molar refractivity (Wildman–Crippen MR) is 63.9 cm³/mol. The zero-order valence-corrected chi connectivity index (χ0v) is 9.75. The second-order valence-electron chi connectivity index (χ2n) is 4.02. The molecule has 1 aromatic heterocycles. The maximum absolute atomic E-state index is 11.5. The maximum atomic E-state index is 11.5. The highest BCUT2D eigenvalue weighted by Crippen LogP contribution is 2.21. The number of hydrogen-bond donors (Lipinski definition) is 4. The number of carbonyl (C=O) groups excluding carboxylic acids is 1. The van der Waals surface area contributed by atoms with E-state index in [1.54, 1.807) is 0 Å². The van der Waals surface area contributed by atoms with Gasteiger partial charge in [0.05, 0.1) is 7.11 Å². The zero-order valence-electron chi connectivity index (χ0n) is 9.75. The molecule has 0 aliphatic carbocycles. The summed E-state index contributed by atoms with van der Waals surface area (Å²) in [7, 11) is 1.32. The Hall–Kier alpha value is -1.76. The number of ether oxygens (including phenoxy) is 1. The number of aromatic amines is 1. The second-order valence-corrected chi connectivity index (χ2v) is 4.02. The lowest BCUT2D eigenvalue weighted by atomic mass is 10.1. The first-order chi connectivity index (χ1) is 8.22. The highest BCUT2D eigenvalue weighted by Gasteiger charge is 2.22. The highest BCUT2D eigenvalue weighted by molar-refractivity contribution is 5.99. The van der Waals surface area contributed by atoms with Crippen LogP contribution < -0.4 is 16.4 Å². The summed E-state index contributed by atoms with van der Waals surface area (Å²) in [6.45, 7) is 1.93. The topological polar surface area (TPSA) is 105 Å². The molecule has 0 spiro atoms. The molecule has 1 fully saturated rings. The molecule has 0 amide bonds. The Morgan fingerprint density at radius 3 is 2.88 bits per heavy atom. The van der Waals surface area contributed by atoms with Crippen LogP contribution >= 0.6 is 0 Å². The van der Waals surface area contributed by atoms with Crippen LogP contribution in [0.3, 0.4) is 0 Å². The summed E-state index contributed by atoms with van der Waals surface area (Å²) in [5, 5.41) is 13.1. The molecule has 1 aromatic rings. The minimum absolute atomic E-state index is 0.230. The van der Waals surface area contributed by atoms with Crippen molar-refractivity contribution in [3.05, 3.63) is 5.56 Å². The molecule has 1 saturated heterocycles. The van der Waals surface area contributed by atoms with Crippen LogP contribution in [-0.2, 0) is 4.74 Å². The lowest BCUT2D eigenvalue weighted by molar-refractivity contribution is 0.0603. The van der Waals surface area contributed by atoms with Crippen LogP contribution in [0.25, 0.3) is 0 Å². The normalized spacial score (nSPS) is 16.8. The average molecular weight is 239 g/mol. The smallest absolute Gasteiger partial charge is 0.345 e. The van der Waals surface area contributed by atoms with E-state index >= 15 is 0 Å². The first-order valence-electron chi connectivity index (χ1n) is 5.61. The van der Waals surface area contributed by atoms with Crippen molar-refractivity contribution >= 4 is 17.6 Å². The molecule has 7 heteroatoms. The molecule has 0 saturated carbocycles. The van der Waals surface area contributed by atoms with Gasteiger partial charge >= 0.3 is 5.97 Å². The maximum Gasteiger partial charge on any atom is 0.345 e. The number of H-pyrrole nitrogens is 1. The first-order valence-corrected chi connectivity index (χ1v) is 5.61. The fourth-order valence-electron chi connectivity index (χ4n) is 1.93. The van der Waals surface area contributed by atoms with Gasteiger partial charge < -0.3 is 21.1 Å². The van der Waals surface area contributed by atoms with Gasteiger partial charge in [-0.25, -0.2) is 4.79 Å². The Morgan fingerprint density at radius 2 is 2.24 bits per heavy atom. The molecule has 2 heterocycles. The number of carbonyl (C=O) groups is 1. The van der Waals surface area contributed by atoms with E-state index in [0.717, 1.165) is 25.9 Å². The van der Waals surface area contributed by atoms with E-state index < -0.39 is 5.97 Å². The predicted octanol–water partition coefficient (Wildman–Crippen LogP) is -0.0576. The van der Waals surface area contributed by atoms with Crippen LogP contribution in [-0.4, -0.2) is 42.4 Å². The zero-order chi connectivity index (χ0) is 12.3. The van der Waals surface area contributed by atoms with Gasteiger partial charge in [0.2, 0.25) is 0 Å². The van der Waals surface area contributed by atoms with E-state index in [1.165, 1.54) is 7.11 Å². The molecule has 17 heavy (non-hydrogen) atoms. The number of piperidine rings is 1. The highest BCUT2D eigenvalue weighted by atomic mass is 16.5. The quantitative estimate of drug-likeness (QED) is 0.551. The summed E-state index contributed by atoms with van der Waals surface area (Å²) >= 11 is 0. The van der Waals surface area contributed by atoms with Gasteiger partial charge in [-0.15, -0.1) is 0 Å². The summed E-state index contributed by atoms with van der Waals surface area (Å²) < 4.78 is 4.67. The Bertz CT molecular complexity index is 397. The third kappa shape index (κ3) is 2.50. The molecule has 1 aliphatic rings. The monoisotopic (exact) mass is 239 g/mol. The van der Waals surface area contributed by atoms with Crippen LogP contribution in [0.1, 0.15) is 23.2 Å².